The highest BCUT2D eigenvalue weighted by atomic mass is 35.5. The van der Waals surface area contributed by atoms with E-state index in [0.29, 0.717) is 16.5 Å². The largest absolute Gasteiger partial charge is 0.454 e. The van der Waals surface area contributed by atoms with E-state index in [2.05, 4.69) is 0 Å². The number of hydrogen-bond acceptors (Lipinski definition) is 6. The molecule has 0 radical (unpaired) electrons. The van der Waals surface area contributed by atoms with E-state index >= 15 is 0 Å². The smallest absolute Gasteiger partial charge is 0.231 e. The van der Waals surface area contributed by atoms with E-state index in [1.165, 1.54) is 12.1 Å². The molecule has 0 bridgehead atoms. The van der Waals surface area contributed by atoms with E-state index in [9.17, 15) is 8.42 Å². The molecule has 0 spiro atoms. The first kappa shape index (κ1) is 17.6. The minimum Gasteiger partial charge on any atom is -0.454 e. The number of benzene rings is 2. The summed E-state index contributed by atoms with van der Waals surface area (Å²) >= 11 is 5.89. The van der Waals surface area contributed by atoms with E-state index in [4.69, 9.17) is 32.5 Å². The fourth-order valence-electron chi connectivity index (χ4n) is 3.90. The molecule has 8 heteroatoms. The van der Waals surface area contributed by atoms with Crippen molar-refractivity contribution in [3.63, 3.8) is 0 Å². The van der Waals surface area contributed by atoms with Crippen LogP contribution >= 0.6 is 11.6 Å². The average molecular weight is 395 g/mol. The quantitative estimate of drug-likeness (QED) is 0.802. The molecule has 0 saturated heterocycles. The lowest BCUT2D eigenvalue weighted by Crippen LogP contribution is -2.31. The second kappa shape index (κ2) is 6.13. The van der Waals surface area contributed by atoms with Crippen LogP contribution in [0.1, 0.15) is 11.5 Å². The first-order chi connectivity index (χ1) is 12.4. The van der Waals surface area contributed by atoms with Crippen molar-refractivity contribution in [2.24, 2.45) is 16.9 Å². The molecular formula is C18H19ClN2O4S. The first-order valence-electron chi connectivity index (χ1n) is 8.23. The van der Waals surface area contributed by atoms with Gasteiger partial charge in [0.25, 0.3) is 0 Å². The van der Waals surface area contributed by atoms with E-state index in [-0.39, 0.29) is 30.7 Å². The molecule has 4 N–H and O–H groups in total. The number of hydrogen-bond donors (Lipinski definition) is 2. The molecule has 26 heavy (non-hydrogen) atoms. The van der Waals surface area contributed by atoms with E-state index < -0.39 is 20.5 Å². The Labute approximate surface area is 157 Å². The summed E-state index contributed by atoms with van der Waals surface area (Å²) in [6.45, 7) is 0.523. The lowest BCUT2D eigenvalue weighted by Gasteiger charge is -2.13. The van der Waals surface area contributed by atoms with Gasteiger partial charge in [0.1, 0.15) is 0 Å². The van der Waals surface area contributed by atoms with Crippen LogP contribution in [0.4, 0.5) is 0 Å². The highest BCUT2D eigenvalue weighted by Gasteiger charge is 2.69. The maximum absolute atomic E-state index is 13.2. The van der Waals surface area contributed by atoms with Crippen LogP contribution in [0.3, 0.4) is 0 Å². The number of fused-ring (bicyclic) bond motifs is 1. The van der Waals surface area contributed by atoms with Gasteiger partial charge in [-0.25, -0.2) is 8.42 Å². The summed E-state index contributed by atoms with van der Waals surface area (Å²) in [6.07, 6.45) is 0. The molecule has 0 amide bonds. The molecule has 2 aromatic rings. The van der Waals surface area contributed by atoms with Gasteiger partial charge in [-0.05, 0) is 42.0 Å². The van der Waals surface area contributed by atoms with Gasteiger partial charge in [-0.15, -0.1) is 0 Å². The number of halogens is 1. The van der Waals surface area contributed by atoms with Gasteiger partial charge in [0.2, 0.25) is 6.79 Å². The van der Waals surface area contributed by atoms with Crippen molar-refractivity contribution >= 4 is 21.4 Å². The van der Waals surface area contributed by atoms with Crippen molar-refractivity contribution in [3.8, 4) is 11.5 Å². The molecule has 2 atom stereocenters. The molecule has 138 valence electrons. The van der Waals surface area contributed by atoms with Crippen LogP contribution in [-0.4, -0.2) is 33.6 Å². The van der Waals surface area contributed by atoms with Gasteiger partial charge in [-0.3, -0.25) is 0 Å². The van der Waals surface area contributed by atoms with Crippen molar-refractivity contribution < 1.29 is 17.9 Å². The molecule has 0 unspecified atom stereocenters. The van der Waals surface area contributed by atoms with Crippen LogP contribution in [0, 0.1) is 5.41 Å². The minimum atomic E-state index is -3.62. The van der Waals surface area contributed by atoms with Crippen LogP contribution in [0.5, 0.6) is 11.5 Å². The average Bonchev–Trinajstić information content (AvgIpc) is 3.12. The molecule has 0 aromatic heterocycles. The molecule has 1 aliphatic carbocycles. The summed E-state index contributed by atoms with van der Waals surface area (Å²) in [5.41, 5.74) is 12.1. The predicted molar refractivity (Wildman–Crippen MR) is 98.3 cm³/mol. The minimum absolute atomic E-state index is 0.162. The number of rotatable bonds is 5. The van der Waals surface area contributed by atoms with Crippen LogP contribution in [0.25, 0.3) is 0 Å². The highest BCUT2D eigenvalue weighted by molar-refractivity contribution is 7.92. The molecule has 2 aromatic carbocycles. The SMILES string of the molecule is NCC1(CN)[C@H](c2ccc3c(c2)OCO3)[C@H]1S(=O)(=O)c1ccc(Cl)cc1. The Morgan fingerprint density at radius 3 is 2.35 bits per heavy atom. The predicted octanol–water partition coefficient (Wildman–Crippen LogP) is 1.91. The van der Waals surface area contributed by atoms with Gasteiger partial charge < -0.3 is 20.9 Å². The lowest BCUT2D eigenvalue weighted by atomic mass is 9.99. The van der Waals surface area contributed by atoms with E-state index in [0.717, 1.165) is 5.56 Å². The second-order valence-corrected chi connectivity index (χ2v) is 9.16. The van der Waals surface area contributed by atoms with Crippen molar-refractivity contribution in [3.05, 3.63) is 53.1 Å². The summed E-state index contributed by atoms with van der Waals surface area (Å²) in [7, 11) is -3.62. The van der Waals surface area contributed by atoms with Crippen molar-refractivity contribution in [1.82, 2.24) is 0 Å². The van der Waals surface area contributed by atoms with Gasteiger partial charge >= 0.3 is 0 Å². The molecule has 1 saturated carbocycles. The maximum atomic E-state index is 13.2. The summed E-state index contributed by atoms with van der Waals surface area (Å²) in [5, 5.41) is -0.206. The Balaban J connectivity index is 1.76. The van der Waals surface area contributed by atoms with Gasteiger partial charge in [0, 0.05) is 29.4 Å². The van der Waals surface area contributed by atoms with Crippen molar-refractivity contribution in [2.75, 3.05) is 19.9 Å². The molecule has 1 fully saturated rings. The van der Waals surface area contributed by atoms with Crippen LogP contribution < -0.4 is 20.9 Å². The normalized spacial score (nSPS) is 23.0. The Morgan fingerprint density at radius 1 is 1.04 bits per heavy atom. The van der Waals surface area contributed by atoms with E-state index in [1.54, 1.807) is 18.2 Å². The number of sulfone groups is 1. The Morgan fingerprint density at radius 2 is 1.69 bits per heavy atom. The Bertz CT molecular complexity index is 942. The molecule has 4 rings (SSSR count). The monoisotopic (exact) mass is 394 g/mol. The fraction of sp³-hybridized carbons (Fsp3) is 0.333. The van der Waals surface area contributed by atoms with E-state index in [1.807, 2.05) is 12.1 Å². The topological polar surface area (TPSA) is 105 Å². The fourth-order valence-corrected chi connectivity index (χ4v) is 6.49. The van der Waals surface area contributed by atoms with Crippen LogP contribution in [0.2, 0.25) is 5.02 Å². The number of ether oxygens (including phenoxy) is 2. The summed E-state index contributed by atoms with van der Waals surface area (Å²) in [4.78, 5) is 0.224. The standard InChI is InChI=1S/C18H19ClN2O4S/c19-12-2-4-13(5-3-12)26(22,23)17-16(18(17,8-20)9-21)11-1-6-14-15(7-11)25-10-24-14/h1-7,16-17H,8-10,20-21H2/t16-,17-/m1/s1. The third kappa shape index (κ3) is 2.50. The zero-order chi connectivity index (χ0) is 18.5. The molecule has 6 nitrogen and oxygen atoms in total. The first-order valence-corrected chi connectivity index (χ1v) is 10.2. The second-order valence-electron chi connectivity index (χ2n) is 6.65. The van der Waals surface area contributed by atoms with Crippen LogP contribution in [0.15, 0.2) is 47.4 Å². The zero-order valence-electron chi connectivity index (χ0n) is 13.9. The van der Waals surface area contributed by atoms with Gasteiger partial charge in [0.05, 0.1) is 10.1 Å². The van der Waals surface area contributed by atoms with Gasteiger partial charge in [-0.2, -0.15) is 0 Å². The maximum Gasteiger partial charge on any atom is 0.231 e. The third-order valence-corrected chi connectivity index (χ3v) is 7.96. The molecule has 2 aliphatic rings. The van der Waals surface area contributed by atoms with Gasteiger partial charge in [0.15, 0.2) is 21.3 Å². The van der Waals surface area contributed by atoms with Crippen LogP contribution in [-0.2, 0) is 9.84 Å². The number of nitrogens with two attached hydrogens (primary N) is 2. The summed E-state index contributed by atoms with van der Waals surface area (Å²) < 4.78 is 37.2. The molecular weight excluding hydrogens is 376 g/mol. The summed E-state index contributed by atoms with van der Waals surface area (Å²) in [6, 6.07) is 11.6. The zero-order valence-corrected chi connectivity index (χ0v) is 15.5. The summed E-state index contributed by atoms with van der Waals surface area (Å²) in [5.74, 6) is 0.963. The third-order valence-electron chi connectivity index (χ3n) is 5.37. The van der Waals surface area contributed by atoms with Crippen molar-refractivity contribution in [1.29, 1.82) is 0 Å². The molecule has 1 heterocycles. The Kier molecular flexibility index (Phi) is 4.15. The molecule has 1 aliphatic heterocycles. The highest BCUT2D eigenvalue weighted by Crippen LogP contribution is 2.63. The van der Waals surface area contributed by atoms with Crippen molar-refractivity contribution in [2.45, 2.75) is 16.1 Å². The Hall–Kier alpha value is -1.80. The lowest BCUT2D eigenvalue weighted by molar-refractivity contribution is 0.174. The van der Waals surface area contributed by atoms with Gasteiger partial charge in [-0.1, -0.05) is 17.7 Å².